The van der Waals surface area contributed by atoms with E-state index >= 15 is 0 Å². The second-order valence-corrected chi connectivity index (χ2v) is 5.68. The van der Waals surface area contributed by atoms with E-state index in [4.69, 9.17) is 4.74 Å². The Hall–Kier alpha value is -4.21. The topological polar surface area (TPSA) is 131 Å². The van der Waals surface area contributed by atoms with Crippen molar-refractivity contribution in [2.45, 2.75) is 6.92 Å². The third kappa shape index (κ3) is 4.75. The minimum atomic E-state index is -0.607. The van der Waals surface area contributed by atoms with Crippen LogP contribution in [0.3, 0.4) is 0 Å². The molecule has 0 bridgehead atoms. The molecule has 0 spiro atoms. The highest BCUT2D eigenvalue weighted by molar-refractivity contribution is 5.96. The number of carbonyl (C=O) groups excluding carboxylic acids is 1. The molecule has 0 aliphatic rings. The van der Waals surface area contributed by atoms with Crippen LogP contribution in [-0.4, -0.2) is 27.5 Å². The van der Waals surface area contributed by atoms with Crippen molar-refractivity contribution in [2.24, 2.45) is 0 Å². The zero-order chi connectivity index (χ0) is 20.6. The van der Waals surface area contributed by atoms with Crippen LogP contribution in [0.4, 0.5) is 28.7 Å². The van der Waals surface area contributed by atoms with E-state index in [0.29, 0.717) is 11.4 Å². The Morgan fingerprint density at radius 3 is 2.45 bits per heavy atom. The summed E-state index contributed by atoms with van der Waals surface area (Å²) in [5, 5.41) is 14.5. The number of esters is 1. The smallest absolute Gasteiger partial charge is 0.355 e. The molecule has 3 N–H and O–H groups in total. The van der Waals surface area contributed by atoms with Crippen molar-refractivity contribution in [2.75, 3.05) is 22.8 Å². The number of hydrazine groups is 1. The maximum Gasteiger partial charge on any atom is 0.355 e. The first-order chi connectivity index (χ1) is 14.1. The zero-order valence-electron chi connectivity index (χ0n) is 15.5. The van der Waals surface area contributed by atoms with Crippen molar-refractivity contribution in [3.05, 3.63) is 76.6 Å². The number of aromatic nitrogens is 2. The highest BCUT2D eigenvalue weighted by Gasteiger charge is 2.24. The summed E-state index contributed by atoms with van der Waals surface area (Å²) in [5.74, 6) is -0.652. The van der Waals surface area contributed by atoms with Crippen LogP contribution in [0.2, 0.25) is 0 Å². The Morgan fingerprint density at radius 2 is 1.72 bits per heavy atom. The Balaban J connectivity index is 1.91. The van der Waals surface area contributed by atoms with E-state index in [-0.39, 0.29) is 29.5 Å². The molecule has 1 aromatic heterocycles. The number of anilines is 4. The molecule has 10 nitrogen and oxygen atoms in total. The number of nitro groups is 1. The van der Waals surface area contributed by atoms with Crippen LogP contribution in [-0.2, 0) is 4.74 Å². The van der Waals surface area contributed by atoms with Crippen LogP contribution in [0.1, 0.15) is 17.3 Å². The number of para-hydroxylation sites is 2. The van der Waals surface area contributed by atoms with Gasteiger partial charge in [0.2, 0.25) is 11.6 Å². The first-order valence-electron chi connectivity index (χ1n) is 8.69. The zero-order valence-corrected chi connectivity index (χ0v) is 15.5. The SMILES string of the molecule is CCOC(=O)c1ccccc1Nc1ncnc(NNc2ccccc2)c1[N+](=O)[O-]. The molecule has 3 aromatic rings. The summed E-state index contributed by atoms with van der Waals surface area (Å²) < 4.78 is 5.03. The van der Waals surface area contributed by atoms with Gasteiger partial charge < -0.3 is 10.1 Å². The summed E-state index contributed by atoms with van der Waals surface area (Å²) in [7, 11) is 0. The number of hydrogen-bond acceptors (Lipinski definition) is 9. The lowest BCUT2D eigenvalue weighted by molar-refractivity contribution is -0.383. The number of nitrogens with zero attached hydrogens (tertiary/aromatic N) is 3. The molecule has 0 aliphatic heterocycles. The summed E-state index contributed by atoms with van der Waals surface area (Å²) >= 11 is 0. The van der Waals surface area contributed by atoms with Crippen molar-refractivity contribution in [3.8, 4) is 0 Å². The molecule has 10 heteroatoms. The molecule has 0 aliphatic carbocycles. The molecule has 0 fully saturated rings. The number of ether oxygens (including phenoxy) is 1. The average molecular weight is 394 g/mol. The third-order valence-electron chi connectivity index (χ3n) is 3.78. The van der Waals surface area contributed by atoms with Gasteiger partial charge in [0, 0.05) is 0 Å². The maximum absolute atomic E-state index is 12.1. The maximum atomic E-state index is 12.1. The van der Waals surface area contributed by atoms with E-state index in [1.54, 1.807) is 43.3 Å². The summed E-state index contributed by atoms with van der Waals surface area (Å²) in [6.45, 7) is 1.90. The van der Waals surface area contributed by atoms with Gasteiger partial charge >= 0.3 is 11.7 Å². The minimum Gasteiger partial charge on any atom is -0.462 e. The van der Waals surface area contributed by atoms with Gasteiger partial charge in [0.05, 0.1) is 28.5 Å². The number of nitrogens with one attached hydrogen (secondary N) is 3. The highest BCUT2D eigenvalue weighted by atomic mass is 16.6. The predicted octanol–water partition coefficient (Wildman–Crippen LogP) is 3.74. The molecule has 148 valence electrons. The van der Waals surface area contributed by atoms with Crippen molar-refractivity contribution in [3.63, 3.8) is 0 Å². The lowest BCUT2D eigenvalue weighted by atomic mass is 10.2. The Labute approximate surface area is 166 Å². The van der Waals surface area contributed by atoms with E-state index in [9.17, 15) is 14.9 Å². The van der Waals surface area contributed by atoms with Gasteiger partial charge in [-0.1, -0.05) is 30.3 Å². The van der Waals surface area contributed by atoms with E-state index in [1.807, 2.05) is 18.2 Å². The molecule has 0 saturated heterocycles. The van der Waals surface area contributed by atoms with Gasteiger partial charge in [0.25, 0.3) is 0 Å². The van der Waals surface area contributed by atoms with Gasteiger partial charge in [-0.05, 0) is 31.2 Å². The van der Waals surface area contributed by atoms with Crippen LogP contribution in [0.25, 0.3) is 0 Å². The van der Waals surface area contributed by atoms with E-state index in [1.165, 1.54) is 6.33 Å². The molecule has 29 heavy (non-hydrogen) atoms. The normalized spacial score (nSPS) is 10.1. The van der Waals surface area contributed by atoms with E-state index < -0.39 is 10.9 Å². The van der Waals surface area contributed by atoms with Crippen molar-refractivity contribution in [1.82, 2.24) is 9.97 Å². The van der Waals surface area contributed by atoms with Crippen LogP contribution in [0.5, 0.6) is 0 Å². The second kappa shape index (κ2) is 9.13. The Bertz CT molecular complexity index is 1010. The fraction of sp³-hybridized carbons (Fsp3) is 0.105. The number of rotatable bonds is 8. The molecule has 0 amide bonds. The van der Waals surface area contributed by atoms with Crippen molar-refractivity contribution < 1.29 is 14.5 Å². The van der Waals surface area contributed by atoms with Crippen LogP contribution in [0.15, 0.2) is 60.9 Å². The standard InChI is InChI=1S/C19H18N6O4/c1-2-29-19(26)14-10-6-7-11-15(14)22-17-16(25(27)28)18(21-12-20-17)24-23-13-8-4-3-5-9-13/h3-12,23H,2H2,1H3,(H2,20,21,22,24). The van der Waals surface area contributed by atoms with Gasteiger partial charge in [0.15, 0.2) is 0 Å². The van der Waals surface area contributed by atoms with Gasteiger partial charge in [0.1, 0.15) is 6.33 Å². The molecular formula is C19H18N6O4. The second-order valence-electron chi connectivity index (χ2n) is 5.68. The molecule has 1 heterocycles. The van der Waals surface area contributed by atoms with Gasteiger partial charge in [-0.3, -0.25) is 21.0 Å². The molecule has 0 saturated carbocycles. The van der Waals surface area contributed by atoms with Crippen molar-refractivity contribution >= 4 is 34.7 Å². The Morgan fingerprint density at radius 1 is 1.03 bits per heavy atom. The lowest BCUT2D eigenvalue weighted by Gasteiger charge is -2.13. The first kappa shape index (κ1) is 19.5. The van der Waals surface area contributed by atoms with Crippen molar-refractivity contribution in [1.29, 1.82) is 0 Å². The summed E-state index contributed by atoms with van der Waals surface area (Å²) in [4.78, 5) is 31.2. The molecule has 3 rings (SSSR count). The highest BCUT2D eigenvalue weighted by Crippen LogP contribution is 2.32. The molecule has 0 atom stereocenters. The van der Waals surface area contributed by atoms with Gasteiger partial charge in [-0.2, -0.15) is 0 Å². The molecule has 0 unspecified atom stereocenters. The number of benzene rings is 2. The third-order valence-corrected chi connectivity index (χ3v) is 3.78. The average Bonchev–Trinajstić information content (AvgIpc) is 2.73. The lowest BCUT2D eigenvalue weighted by Crippen LogP contribution is -2.14. The minimum absolute atomic E-state index is 0.0371. The van der Waals surface area contributed by atoms with Crippen LogP contribution >= 0.6 is 0 Å². The fourth-order valence-corrected chi connectivity index (χ4v) is 2.49. The Kier molecular flexibility index (Phi) is 6.15. The summed E-state index contributed by atoms with van der Waals surface area (Å²) in [6, 6.07) is 15.6. The quantitative estimate of drug-likeness (QED) is 0.297. The monoisotopic (exact) mass is 394 g/mol. The van der Waals surface area contributed by atoms with Crippen LogP contribution in [0, 0.1) is 10.1 Å². The summed E-state index contributed by atoms with van der Waals surface area (Å²) in [6.07, 6.45) is 1.18. The number of hydrogen-bond donors (Lipinski definition) is 3. The fourth-order valence-electron chi connectivity index (χ4n) is 2.49. The molecular weight excluding hydrogens is 376 g/mol. The van der Waals surface area contributed by atoms with Gasteiger partial charge in [-0.15, -0.1) is 0 Å². The molecule has 0 radical (unpaired) electrons. The van der Waals surface area contributed by atoms with E-state index in [2.05, 4.69) is 26.1 Å². The largest absolute Gasteiger partial charge is 0.462 e. The number of carbonyl (C=O) groups is 1. The molecule has 2 aromatic carbocycles. The predicted molar refractivity (Wildman–Crippen MR) is 108 cm³/mol. The summed E-state index contributed by atoms with van der Waals surface area (Å²) in [5.41, 5.74) is 6.45. The van der Waals surface area contributed by atoms with E-state index in [0.717, 1.165) is 0 Å². The van der Waals surface area contributed by atoms with Gasteiger partial charge in [-0.25, -0.2) is 14.8 Å². The first-order valence-corrected chi connectivity index (χ1v) is 8.69. The van der Waals surface area contributed by atoms with Crippen LogP contribution < -0.4 is 16.2 Å².